The van der Waals surface area contributed by atoms with Crippen LogP contribution >= 0.6 is 0 Å². The van der Waals surface area contributed by atoms with Gasteiger partial charge in [-0.15, -0.1) is 0 Å². The van der Waals surface area contributed by atoms with E-state index in [2.05, 4.69) is 10.6 Å². The van der Waals surface area contributed by atoms with Gasteiger partial charge in [0.2, 0.25) is 11.8 Å². The molecule has 6 nitrogen and oxygen atoms in total. The van der Waals surface area contributed by atoms with Gasteiger partial charge in [0.05, 0.1) is 12.1 Å². The Morgan fingerprint density at radius 1 is 1.35 bits per heavy atom. The van der Waals surface area contributed by atoms with Crippen LogP contribution in [0.3, 0.4) is 0 Å². The number of carbonyl (C=O) groups is 2. The fraction of sp³-hybridized carbons (Fsp3) is 0.857. The van der Waals surface area contributed by atoms with Gasteiger partial charge in [0.1, 0.15) is 0 Å². The number of ether oxygens (including phenoxy) is 1. The minimum Gasteiger partial charge on any atom is -0.380 e. The maximum atomic E-state index is 12.4. The second kappa shape index (κ2) is 7.04. The quantitative estimate of drug-likeness (QED) is 0.746. The maximum Gasteiger partial charge on any atom is 0.239 e. The SMILES string of the molecule is COC1CNC(C(=O)N2CCC(CNC(C)=O)CC2)C1. The van der Waals surface area contributed by atoms with Crippen LogP contribution in [0.25, 0.3) is 0 Å². The number of likely N-dealkylation sites (tertiary alicyclic amines) is 1. The third kappa shape index (κ3) is 3.93. The van der Waals surface area contributed by atoms with Crippen LogP contribution in [0, 0.1) is 5.92 Å². The van der Waals surface area contributed by atoms with Gasteiger partial charge in [-0.1, -0.05) is 0 Å². The van der Waals surface area contributed by atoms with Crippen LogP contribution < -0.4 is 10.6 Å². The molecule has 114 valence electrons. The van der Waals surface area contributed by atoms with E-state index >= 15 is 0 Å². The standard InChI is InChI=1S/C14H25N3O3/c1-10(18)15-8-11-3-5-17(6-4-11)14(19)13-7-12(20-2)9-16-13/h11-13,16H,3-9H2,1-2H3,(H,15,18). The number of methoxy groups -OCH3 is 1. The summed E-state index contributed by atoms with van der Waals surface area (Å²) in [6.07, 6.45) is 2.85. The Kier molecular flexibility index (Phi) is 5.37. The van der Waals surface area contributed by atoms with Crippen LogP contribution in [-0.2, 0) is 14.3 Å². The molecule has 0 saturated carbocycles. The summed E-state index contributed by atoms with van der Waals surface area (Å²) in [7, 11) is 1.69. The van der Waals surface area contributed by atoms with E-state index in [9.17, 15) is 9.59 Å². The van der Waals surface area contributed by atoms with Crippen molar-refractivity contribution in [2.45, 2.75) is 38.3 Å². The molecule has 2 unspecified atom stereocenters. The minimum atomic E-state index is -0.0909. The molecule has 0 spiro atoms. The summed E-state index contributed by atoms with van der Waals surface area (Å²) in [6, 6.07) is -0.0909. The molecule has 2 amide bonds. The third-order valence-corrected chi connectivity index (χ3v) is 4.29. The highest BCUT2D eigenvalue weighted by Crippen LogP contribution is 2.19. The Hall–Kier alpha value is -1.14. The zero-order valence-electron chi connectivity index (χ0n) is 12.4. The number of hydrogen-bond donors (Lipinski definition) is 2. The van der Waals surface area contributed by atoms with E-state index in [1.807, 2.05) is 4.90 Å². The van der Waals surface area contributed by atoms with Crippen molar-refractivity contribution >= 4 is 11.8 Å². The zero-order chi connectivity index (χ0) is 14.5. The smallest absolute Gasteiger partial charge is 0.239 e. The monoisotopic (exact) mass is 283 g/mol. The Morgan fingerprint density at radius 3 is 2.60 bits per heavy atom. The molecular formula is C14H25N3O3. The van der Waals surface area contributed by atoms with Crippen LogP contribution in [0.5, 0.6) is 0 Å². The summed E-state index contributed by atoms with van der Waals surface area (Å²) >= 11 is 0. The average molecular weight is 283 g/mol. The van der Waals surface area contributed by atoms with Crippen molar-refractivity contribution in [2.24, 2.45) is 5.92 Å². The zero-order valence-corrected chi connectivity index (χ0v) is 12.4. The van der Waals surface area contributed by atoms with Gasteiger partial charge in [-0.25, -0.2) is 0 Å². The van der Waals surface area contributed by atoms with E-state index in [4.69, 9.17) is 4.74 Å². The molecule has 2 fully saturated rings. The van der Waals surface area contributed by atoms with E-state index in [1.54, 1.807) is 7.11 Å². The van der Waals surface area contributed by atoms with Gasteiger partial charge in [-0.3, -0.25) is 9.59 Å². The first kappa shape index (κ1) is 15.3. The Balaban J connectivity index is 1.73. The fourth-order valence-electron chi connectivity index (χ4n) is 2.94. The van der Waals surface area contributed by atoms with Crippen molar-refractivity contribution in [3.8, 4) is 0 Å². The molecule has 2 atom stereocenters. The van der Waals surface area contributed by atoms with Gasteiger partial charge in [0.25, 0.3) is 0 Å². The highest BCUT2D eigenvalue weighted by Gasteiger charge is 2.33. The number of nitrogens with zero attached hydrogens (tertiary/aromatic N) is 1. The van der Waals surface area contributed by atoms with Gasteiger partial charge < -0.3 is 20.3 Å². The molecule has 2 saturated heterocycles. The summed E-state index contributed by atoms with van der Waals surface area (Å²) in [4.78, 5) is 25.2. The number of rotatable bonds is 4. The van der Waals surface area contributed by atoms with Gasteiger partial charge >= 0.3 is 0 Å². The van der Waals surface area contributed by atoms with Crippen LogP contribution in [0.15, 0.2) is 0 Å². The lowest BCUT2D eigenvalue weighted by Gasteiger charge is -2.33. The normalized spacial score (nSPS) is 27.6. The lowest BCUT2D eigenvalue weighted by molar-refractivity contribution is -0.134. The summed E-state index contributed by atoms with van der Waals surface area (Å²) in [6.45, 7) is 4.60. The topological polar surface area (TPSA) is 70.7 Å². The molecule has 0 aliphatic carbocycles. The predicted molar refractivity (Wildman–Crippen MR) is 75.2 cm³/mol. The lowest BCUT2D eigenvalue weighted by atomic mass is 9.96. The number of nitrogens with one attached hydrogen (secondary N) is 2. The summed E-state index contributed by atoms with van der Waals surface area (Å²) in [5.74, 6) is 0.706. The van der Waals surface area contributed by atoms with Crippen molar-refractivity contribution in [3.05, 3.63) is 0 Å². The molecule has 2 heterocycles. The summed E-state index contributed by atoms with van der Waals surface area (Å²) in [5.41, 5.74) is 0. The number of carbonyl (C=O) groups excluding carboxylic acids is 2. The van der Waals surface area contributed by atoms with Crippen molar-refractivity contribution in [3.63, 3.8) is 0 Å². The molecule has 2 rings (SSSR count). The van der Waals surface area contributed by atoms with Crippen LogP contribution in [0.4, 0.5) is 0 Å². The van der Waals surface area contributed by atoms with E-state index in [-0.39, 0.29) is 24.0 Å². The first-order chi connectivity index (χ1) is 9.60. The number of piperidine rings is 1. The summed E-state index contributed by atoms with van der Waals surface area (Å²) in [5, 5.41) is 6.09. The predicted octanol–water partition coefficient (Wildman–Crippen LogP) is -0.262. The van der Waals surface area contributed by atoms with Gasteiger partial charge in [-0.05, 0) is 25.2 Å². The minimum absolute atomic E-state index is 0.0178. The molecule has 0 aromatic rings. The van der Waals surface area contributed by atoms with Gasteiger partial charge in [0.15, 0.2) is 0 Å². The lowest BCUT2D eigenvalue weighted by Crippen LogP contribution is -2.48. The molecule has 0 radical (unpaired) electrons. The first-order valence-electron chi connectivity index (χ1n) is 7.39. The van der Waals surface area contributed by atoms with E-state index in [0.29, 0.717) is 5.92 Å². The van der Waals surface area contributed by atoms with Crippen molar-refractivity contribution in [1.29, 1.82) is 0 Å². The molecule has 0 bridgehead atoms. The van der Waals surface area contributed by atoms with Crippen molar-refractivity contribution in [2.75, 3.05) is 33.3 Å². The number of amides is 2. The highest BCUT2D eigenvalue weighted by atomic mass is 16.5. The molecule has 20 heavy (non-hydrogen) atoms. The molecule has 2 aliphatic rings. The van der Waals surface area contributed by atoms with E-state index in [0.717, 1.165) is 45.4 Å². The second-order valence-electron chi connectivity index (χ2n) is 5.76. The highest BCUT2D eigenvalue weighted by molar-refractivity contribution is 5.82. The maximum absolute atomic E-state index is 12.4. The summed E-state index contributed by atoms with van der Waals surface area (Å²) < 4.78 is 5.28. The van der Waals surface area contributed by atoms with Crippen LogP contribution in [0.1, 0.15) is 26.2 Å². The largest absolute Gasteiger partial charge is 0.380 e. The third-order valence-electron chi connectivity index (χ3n) is 4.29. The molecule has 6 heteroatoms. The molecule has 2 N–H and O–H groups in total. The van der Waals surface area contributed by atoms with Crippen molar-refractivity contribution < 1.29 is 14.3 Å². The van der Waals surface area contributed by atoms with E-state index in [1.165, 1.54) is 6.92 Å². The Labute approximate surface area is 120 Å². The van der Waals surface area contributed by atoms with Crippen molar-refractivity contribution in [1.82, 2.24) is 15.5 Å². The first-order valence-corrected chi connectivity index (χ1v) is 7.39. The van der Waals surface area contributed by atoms with Gasteiger partial charge in [-0.2, -0.15) is 0 Å². The van der Waals surface area contributed by atoms with E-state index < -0.39 is 0 Å². The Morgan fingerprint density at radius 2 is 2.05 bits per heavy atom. The molecular weight excluding hydrogens is 258 g/mol. The molecule has 2 aliphatic heterocycles. The molecule has 0 aromatic carbocycles. The second-order valence-corrected chi connectivity index (χ2v) is 5.76. The average Bonchev–Trinajstić information content (AvgIpc) is 2.94. The fourth-order valence-corrected chi connectivity index (χ4v) is 2.94. The molecule has 0 aromatic heterocycles. The Bertz CT molecular complexity index is 354. The number of hydrogen-bond acceptors (Lipinski definition) is 4. The van der Waals surface area contributed by atoms with Crippen LogP contribution in [-0.4, -0.2) is 62.1 Å². The van der Waals surface area contributed by atoms with Crippen LogP contribution in [0.2, 0.25) is 0 Å². The van der Waals surface area contributed by atoms with Gasteiger partial charge in [0, 0.05) is 40.2 Å².